The first-order valence-corrected chi connectivity index (χ1v) is 15.4. The number of likely N-dealkylation sites (tertiary alicyclic amines) is 1. The summed E-state index contributed by atoms with van der Waals surface area (Å²) in [7, 11) is 3.05. The molecule has 0 unspecified atom stereocenters. The van der Waals surface area contributed by atoms with Crippen molar-refractivity contribution in [3.63, 3.8) is 0 Å². The molecule has 0 spiro atoms. The summed E-state index contributed by atoms with van der Waals surface area (Å²) in [6.07, 6.45) is 0.210. The third-order valence-corrected chi connectivity index (χ3v) is 8.62. The van der Waals surface area contributed by atoms with Crippen molar-refractivity contribution in [1.29, 1.82) is 0 Å². The number of hydrogen-bond donors (Lipinski definition) is 3. The zero-order valence-corrected chi connectivity index (χ0v) is 26.5. The van der Waals surface area contributed by atoms with Crippen LogP contribution in [0.2, 0.25) is 0 Å². The highest BCUT2D eigenvalue weighted by Crippen LogP contribution is 2.30. The first kappa shape index (κ1) is 31.7. The van der Waals surface area contributed by atoms with Crippen LogP contribution in [0.25, 0.3) is 10.9 Å². The average molecular weight is 645 g/mol. The molecule has 5 aliphatic heterocycles. The van der Waals surface area contributed by atoms with Crippen molar-refractivity contribution >= 4 is 28.6 Å². The van der Waals surface area contributed by atoms with Crippen LogP contribution in [-0.4, -0.2) is 73.7 Å². The number of aryl methyl sites for hydroxylation is 2. The molecule has 9 rings (SSSR count). The Morgan fingerprint density at radius 2 is 1.81 bits per heavy atom. The zero-order chi connectivity index (χ0) is 33.1. The summed E-state index contributed by atoms with van der Waals surface area (Å²) in [5.41, 5.74) is 3.91. The summed E-state index contributed by atoms with van der Waals surface area (Å²) in [6, 6.07) is 14.5. The van der Waals surface area contributed by atoms with Gasteiger partial charge in [0.05, 0.1) is 33.2 Å². The fraction of sp³-hybridized carbons (Fsp3) is 0.343. The Labute approximate surface area is 271 Å². The molecule has 3 N–H and O–H groups in total. The number of benzene rings is 3. The fourth-order valence-corrected chi connectivity index (χ4v) is 6.12. The number of nitrogens with one attached hydrogen (secondary N) is 3. The second kappa shape index (κ2) is 13.6. The van der Waals surface area contributed by atoms with Crippen molar-refractivity contribution < 1.29 is 37.7 Å². The molecule has 4 aromatic rings. The molecule has 3 aromatic carbocycles. The second-order valence-corrected chi connectivity index (χ2v) is 11.7. The minimum atomic E-state index is -0.598. The summed E-state index contributed by atoms with van der Waals surface area (Å²) >= 11 is 0. The SMILES string of the molecule is COc1cc2ccc1CNC(=O)CCc1ccc(c(OC)c1)OCC(=O)N[C@@H]1CN(C(=O)Cc3c(C)[nH]c4ccc(F)cc34)C[C@H]1O2. The number of amides is 3. The molecule has 12 heteroatoms. The number of carbonyl (C=O) groups is 3. The number of H-pyrrole nitrogens is 1. The molecule has 11 nitrogen and oxygen atoms in total. The van der Waals surface area contributed by atoms with E-state index in [2.05, 4.69) is 15.6 Å². The van der Waals surface area contributed by atoms with Crippen LogP contribution >= 0.6 is 0 Å². The van der Waals surface area contributed by atoms with E-state index in [1.165, 1.54) is 26.4 Å². The van der Waals surface area contributed by atoms with E-state index >= 15 is 0 Å². The molecule has 6 heterocycles. The predicted molar refractivity (Wildman–Crippen MR) is 171 cm³/mol. The summed E-state index contributed by atoms with van der Waals surface area (Å²) in [4.78, 5) is 44.4. The van der Waals surface area contributed by atoms with Crippen LogP contribution in [0.15, 0.2) is 54.6 Å². The van der Waals surface area contributed by atoms with E-state index < -0.39 is 18.1 Å². The normalized spacial score (nSPS) is 18.6. The Kier molecular flexibility index (Phi) is 9.19. The molecule has 5 aliphatic rings. The Bertz CT molecular complexity index is 1820. The van der Waals surface area contributed by atoms with Gasteiger partial charge in [-0.1, -0.05) is 6.07 Å². The first-order chi connectivity index (χ1) is 22.7. The van der Waals surface area contributed by atoms with Crippen LogP contribution < -0.4 is 29.6 Å². The van der Waals surface area contributed by atoms with Crippen LogP contribution in [-0.2, 0) is 33.8 Å². The summed E-state index contributed by atoms with van der Waals surface area (Å²) in [5.74, 6) is 0.760. The van der Waals surface area contributed by atoms with Gasteiger partial charge in [0, 0.05) is 47.7 Å². The quantitative estimate of drug-likeness (QED) is 0.310. The van der Waals surface area contributed by atoms with E-state index in [1.807, 2.05) is 19.1 Å². The smallest absolute Gasteiger partial charge is 0.258 e. The summed E-state index contributed by atoms with van der Waals surface area (Å²) in [6.45, 7) is 2.23. The van der Waals surface area contributed by atoms with E-state index in [1.54, 1.807) is 35.2 Å². The van der Waals surface area contributed by atoms with Crippen LogP contribution in [0.4, 0.5) is 4.39 Å². The second-order valence-electron chi connectivity index (χ2n) is 11.7. The Morgan fingerprint density at radius 1 is 0.979 bits per heavy atom. The van der Waals surface area contributed by atoms with Gasteiger partial charge in [0.2, 0.25) is 11.8 Å². The van der Waals surface area contributed by atoms with E-state index in [4.69, 9.17) is 18.9 Å². The number of nitrogens with zero attached hydrogens (tertiary/aromatic N) is 1. The molecule has 1 saturated heterocycles. The van der Waals surface area contributed by atoms with E-state index in [0.717, 1.165) is 27.9 Å². The fourth-order valence-electron chi connectivity index (χ4n) is 6.12. The Balaban J connectivity index is 1.26. The highest BCUT2D eigenvalue weighted by Gasteiger charge is 2.38. The maximum Gasteiger partial charge on any atom is 0.258 e. The zero-order valence-electron chi connectivity index (χ0n) is 26.5. The Hall–Kier alpha value is -5.26. The number of fused-ring (bicyclic) bond motifs is 1. The third-order valence-electron chi connectivity index (χ3n) is 8.62. The molecule has 0 saturated carbocycles. The topological polar surface area (TPSA) is 131 Å². The minimum Gasteiger partial charge on any atom is -0.496 e. The highest BCUT2D eigenvalue weighted by atomic mass is 19.1. The van der Waals surface area contributed by atoms with Crippen molar-refractivity contribution in [2.45, 2.75) is 44.9 Å². The number of carbonyl (C=O) groups excluding carboxylic acids is 3. The first-order valence-electron chi connectivity index (χ1n) is 15.4. The monoisotopic (exact) mass is 644 g/mol. The number of methoxy groups -OCH3 is 2. The van der Waals surface area contributed by atoms with Crippen molar-refractivity contribution in [1.82, 2.24) is 20.5 Å². The maximum atomic E-state index is 14.1. The molecule has 2 atom stereocenters. The number of aromatic nitrogens is 1. The van der Waals surface area contributed by atoms with Crippen molar-refractivity contribution in [3.05, 3.63) is 82.8 Å². The molecule has 0 aliphatic carbocycles. The van der Waals surface area contributed by atoms with Gasteiger partial charge in [-0.05, 0) is 66.9 Å². The van der Waals surface area contributed by atoms with Crippen molar-refractivity contribution in [2.24, 2.45) is 0 Å². The van der Waals surface area contributed by atoms with Gasteiger partial charge in [-0.15, -0.1) is 0 Å². The van der Waals surface area contributed by atoms with Crippen molar-refractivity contribution in [3.8, 4) is 23.0 Å². The summed E-state index contributed by atoms with van der Waals surface area (Å²) < 4.78 is 37.3. The van der Waals surface area contributed by atoms with E-state index in [-0.39, 0.29) is 56.7 Å². The van der Waals surface area contributed by atoms with Gasteiger partial charge in [-0.3, -0.25) is 14.4 Å². The lowest BCUT2D eigenvalue weighted by molar-refractivity contribution is -0.130. The maximum absolute atomic E-state index is 14.1. The molecular formula is C35H37FN4O7. The number of hydrogen-bond acceptors (Lipinski definition) is 7. The lowest BCUT2D eigenvalue weighted by atomic mass is 10.1. The lowest BCUT2D eigenvalue weighted by Crippen LogP contribution is -2.47. The number of ether oxygens (including phenoxy) is 4. The molecule has 4 bridgehead atoms. The average Bonchev–Trinajstić information content (AvgIpc) is 3.60. The van der Waals surface area contributed by atoms with Gasteiger partial charge in [-0.25, -0.2) is 4.39 Å². The molecule has 0 radical (unpaired) electrons. The number of aromatic amines is 1. The standard InChI is InChI=1S/C35H37FN4O7/c1-20-25(26-13-23(36)7-9-27(26)38-20)15-35(43)40-17-28-32(18-40)47-24-8-6-22(30(14-24)44-2)16-37-33(41)11-5-21-4-10-29(31(12-21)45-3)46-19-34(42)39-28/h4,6-10,12-14,28,32,38H,5,11,15-19H2,1-3H3,(H,37,41)(H,39,42)/t28-,32-/m1/s1. The van der Waals surface area contributed by atoms with Crippen LogP contribution in [0.5, 0.6) is 23.0 Å². The number of rotatable bonds is 4. The molecule has 1 fully saturated rings. The number of halogens is 1. The summed E-state index contributed by atoms with van der Waals surface area (Å²) in [5, 5.41) is 6.59. The van der Waals surface area contributed by atoms with Gasteiger partial charge in [0.15, 0.2) is 18.1 Å². The van der Waals surface area contributed by atoms with E-state index in [9.17, 15) is 18.8 Å². The van der Waals surface area contributed by atoms with Crippen molar-refractivity contribution in [2.75, 3.05) is 33.9 Å². The van der Waals surface area contributed by atoms with Crippen LogP contribution in [0.1, 0.15) is 28.8 Å². The van der Waals surface area contributed by atoms with Crippen LogP contribution in [0.3, 0.4) is 0 Å². The third kappa shape index (κ3) is 7.11. The van der Waals surface area contributed by atoms with Gasteiger partial charge in [0.25, 0.3) is 5.91 Å². The predicted octanol–water partition coefficient (Wildman–Crippen LogP) is 3.59. The molecule has 246 valence electrons. The van der Waals surface area contributed by atoms with Gasteiger partial charge in [-0.2, -0.15) is 0 Å². The molecule has 1 aromatic heterocycles. The molecule has 3 amide bonds. The van der Waals surface area contributed by atoms with Gasteiger partial charge >= 0.3 is 0 Å². The molecule has 47 heavy (non-hydrogen) atoms. The minimum absolute atomic E-state index is 0.0514. The molecular weight excluding hydrogens is 607 g/mol. The van der Waals surface area contributed by atoms with Gasteiger partial charge < -0.3 is 39.5 Å². The van der Waals surface area contributed by atoms with E-state index in [0.29, 0.717) is 34.8 Å². The van der Waals surface area contributed by atoms with Gasteiger partial charge in [0.1, 0.15) is 23.4 Å². The van der Waals surface area contributed by atoms with Crippen LogP contribution in [0, 0.1) is 12.7 Å². The highest BCUT2D eigenvalue weighted by molar-refractivity contribution is 5.90. The Morgan fingerprint density at radius 3 is 2.62 bits per heavy atom. The largest absolute Gasteiger partial charge is 0.496 e. The lowest BCUT2D eigenvalue weighted by Gasteiger charge is -2.22.